The Bertz CT molecular complexity index is 522. The second-order valence-electron chi connectivity index (χ2n) is 6.08. The number of nitrogens with two attached hydrogens (primary N) is 1. The van der Waals surface area contributed by atoms with Crippen LogP contribution in [0.1, 0.15) is 24.4 Å². The van der Waals surface area contributed by atoms with Gasteiger partial charge in [-0.05, 0) is 30.5 Å². The largest absolute Gasteiger partial charge is 0.497 e. The Balaban J connectivity index is 1.71. The lowest BCUT2D eigenvalue weighted by Crippen LogP contribution is -2.41. The molecule has 1 aromatic carbocycles. The van der Waals surface area contributed by atoms with E-state index in [0.717, 1.165) is 32.1 Å². The molecule has 1 aliphatic heterocycles. The third kappa shape index (κ3) is 4.59. The number of nitrogens with zero attached hydrogens (tertiary/aromatic N) is 2. The van der Waals surface area contributed by atoms with Crippen LogP contribution in [0.2, 0.25) is 0 Å². The molecule has 0 radical (unpaired) electrons. The molecule has 0 aromatic heterocycles. The van der Waals surface area contributed by atoms with E-state index in [1.807, 2.05) is 12.1 Å². The predicted octanol–water partition coefficient (Wildman–Crippen LogP) is 1.14. The first kappa shape index (κ1) is 16.1. The van der Waals surface area contributed by atoms with Crippen LogP contribution in [0, 0.1) is 0 Å². The zero-order chi connectivity index (χ0) is 16.1. The Morgan fingerprint density at radius 2 is 2.04 bits per heavy atom. The van der Waals surface area contributed by atoms with Gasteiger partial charge in [-0.15, -0.1) is 0 Å². The molecular formula is C17H26N4O2. The van der Waals surface area contributed by atoms with E-state index in [0.29, 0.717) is 18.5 Å². The zero-order valence-electron chi connectivity index (χ0n) is 13.7. The molecule has 1 atom stereocenters. The van der Waals surface area contributed by atoms with Crippen molar-refractivity contribution in [1.82, 2.24) is 10.2 Å². The molecule has 6 heteroatoms. The molecule has 2 aliphatic rings. The van der Waals surface area contributed by atoms with E-state index < -0.39 is 0 Å². The van der Waals surface area contributed by atoms with Crippen LogP contribution in [-0.4, -0.2) is 56.9 Å². The summed E-state index contributed by atoms with van der Waals surface area (Å²) in [7, 11) is 1.68. The summed E-state index contributed by atoms with van der Waals surface area (Å²) in [6, 6.07) is 8.96. The molecule has 126 valence electrons. The molecule has 3 rings (SSSR count). The fraction of sp³-hybridized carbons (Fsp3) is 0.588. The topological polar surface area (TPSA) is 72.1 Å². The monoisotopic (exact) mass is 318 g/mol. The first-order valence-corrected chi connectivity index (χ1v) is 8.28. The average Bonchev–Trinajstić information content (AvgIpc) is 3.40. The van der Waals surface area contributed by atoms with Gasteiger partial charge in [0.05, 0.1) is 32.9 Å². The second-order valence-corrected chi connectivity index (χ2v) is 6.08. The average molecular weight is 318 g/mol. The predicted molar refractivity (Wildman–Crippen MR) is 90.8 cm³/mol. The number of hydrogen-bond acceptors (Lipinski definition) is 4. The molecule has 1 heterocycles. The Kier molecular flexibility index (Phi) is 5.35. The van der Waals surface area contributed by atoms with Gasteiger partial charge in [0.25, 0.3) is 0 Å². The van der Waals surface area contributed by atoms with Gasteiger partial charge in [-0.1, -0.05) is 12.1 Å². The number of guanidine groups is 1. The summed E-state index contributed by atoms with van der Waals surface area (Å²) in [5.74, 6) is 1.42. The number of aliphatic imine (C=N–C) groups is 1. The Morgan fingerprint density at radius 1 is 1.35 bits per heavy atom. The van der Waals surface area contributed by atoms with Gasteiger partial charge in [0.15, 0.2) is 5.96 Å². The number of hydrogen-bond donors (Lipinski definition) is 2. The van der Waals surface area contributed by atoms with Gasteiger partial charge >= 0.3 is 0 Å². The minimum absolute atomic E-state index is 0.212. The standard InChI is InChI=1S/C17H26N4O2/c1-22-15-6-2-13(3-7-15)16(21-8-10-23-11-9-21)12-19-17(18)20-14-4-5-14/h2-3,6-7,14,16H,4-5,8-12H2,1H3,(H3,18,19,20). The van der Waals surface area contributed by atoms with Crippen LogP contribution in [0.4, 0.5) is 0 Å². The molecule has 0 spiro atoms. The lowest BCUT2D eigenvalue weighted by molar-refractivity contribution is 0.0180. The van der Waals surface area contributed by atoms with E-state index in [4.69, 9.17) is 15.2 Å². The van der Waals surface area contributed by atoms with Crippen LogP contribution in [0.25, 0.3) is 0 Å². The number of benzene rings is 1. The SMILES string of the molecule is COc1ccc(C(CN=C(N)NC2CC2)N2CCOCC2)cc1. The summed E-state index contributed by atoms with van der Waals surface area (Å²) in [5, 5.41) is 3.25. The lowest BCUT2D eigenvalue weighted by atomic mass is 10.0. The highest BCUT2D eigenvalue weighted by Crippen LogP contribution is 2.24. The molecular weight excluding hydrogens is 292 g/mol. The van der Waals surface area contributed by atoms with Gasteiger partial charge in [-0.3, -0.25) is 9.89 Å². The molecule has 6 nitrogen and oxygen atoms in total. The van der Waals surface area contributed by atoms with Crippen LogP contribution in [-0.2, 0) is 4.74 Å². The minimum Gasteiger partial charge on any atom is -0.497 e. The van der Waals surface area contributed by atoms with E-state index in [-0.39, 0.29) is 6.04 Å². The Labute approximate surface area is 137 Å². The first-order chi connectivity index (χ1) is 11.3. The van der Waals surface area contributed by atoms with Crippen molar-refractivity contribution in [3.63, 3.8) is 0 Å². The summed E-state index contributed by atoms with van der Waals surface area (Å²) in [5.41, 5.74) is 7.22. The number of rotatable bonds is 6. The molecule has 23 heavy (non-hydrogen) atoms. The van der Waals surface area contributed by atoms with Gasteiger partial charge in [0.2, 0.25) is 0 Å². The van der Waals surface area contributed by atoms with Crippen LogP contribution < -0.4 is 15.8 Å². The maximum Gasteiger partial charge on any atom is 0.188 e. The Morgan fingerprint density at radius 3 is 2.65 bits per heavy atom. The summed E-state index contributed by atoms with van der Waals surface area (Å²) in [6.07, 6.45) is 2.39. The molecule has 0 amide bonds. The van der Waals surface area contributed by atoms with E-state index in [1.54, 1.807) is 7.11 Å². The maximum absolute atomic E-state index is 5.99. The molecule has 2 fully saturated rings. The van der Waals surface area contributed by atoms with Crippen molar-refractivity contribution in [1.29, 1.82) is 0 Å². The third-order valence-electron chi connectivity index (χ3n) is 4.35. The minimum atomic E-state index is 0.212. The highest BCUT2D eigenvalue weighted by molar-refractivity contribution is 5.78. The maximum atomic E-state index is 5.99. The van der Waals surface area contributed by atoms with Crippen molar-refractivity contribution in [3.05, 3.63) is 29.8 Å². The molecule has 0 bridgehead atoms. The van der Waals surface area contributed by atoms with Gasteiger partial charge in [-0.2, -0.15) is 0 Å². The summed E-state index contributed by atoms with van der Waals surface area (Å²) < 4.78 is 10.7. The quantitative estimate of drug-likeness (QED) is 0.608. The van der Waals surface area contributed by atoms with E-state index in [2.05, 4.69) is 27.3 Å². The van der Waals surface area contributed by atoms with E-state index in [1.165, 1.54) is 18.4 Å². The lowest BCUT2D eigenvalue weighted by Gasteiger charge is -2.34. The summed E-state index contributed by atoms with van der Waals surface area (Å²) in [4.78, 5) is 6.98. The fourth-order valence-electron chi connectivity index (χ4n) is 2.81. The molecule has 1 unspecified atom stereocenters. The highest BCUT2D eigenvalue weighted by atomic mass is 16.5. The van der Waals surface area contributed by atoms with Crippen LogP contribution >= 0.6 is 0 Å². The molecule has 1 aromatic rings. The highest BCUT2D eigenvalue weighted by Gasteiger charge is 2.24. The van der Waals surface area contributed by atoms with Crippen molar-refractivity contribution in [3.8, 4) is 5.75 Å². The van der Waals surface area contributed by atoms with Gasteiger partial charge in [0, 0.05) is 19.1 Å². The Hall–Kier alpha value is -1.79. The number of ether oxygens (including phenoxy) is 2. The zero-order valence-corrected chi connectivity index (χ0v) is 13.7. The van der Waals surface area contributed by atoms with Gasteiger partial charge < -0.3 is 20.5 Å². The molecule has 1 aliphatic carbocycles. The molecule has 3 N–H and O–H groups in total. The van der Waals surface area contributed by atoms with Crippen molar-refractivity contribution >= 4 is 5.96 Å². The van der Waals surface area contributed by atoms with E-state index >= 15 is 0 Å². The smallest absolute Gasteiger partial charge is 0.188 e. The van der Waals surface area contributed by atoms with Crippen LogP contribution in [0.3, 0.4) is 0 Å². The fourth-order valence-corrected chi connectivity index (χ4v) is 2.81. The van der Waals surface area contributed by atoms with Crippen molar-refractivity contribution in [2.75, 3.05) is 40.0 Å². The van der Waals surface area contributed by atoms with Crippen LogP contribution in [0.15, 0.2) is 29.3 Å². The van der Waals surface area contributed by atoms with Crippen molar-refractivity contribution in [2.24, 2.45) is 10.7 Å². The molecule has 1 saturated carbocycles. The van der Waals surface area contributed by atoms with Crippen LogP contribution in [0.5, 0.6) is 5.75 Å². The molecule has 1 saturated heterocycles. The van der Waals surface area contributed by atoms with Crippen molar-refractivity contribution < 1.29 is 9.47 Å². The number of methoxy groups -OCH3 is 1. The van der Waals surface area contributed by atoms with E-state index in [9.17, 15) is 0 Å². The van der Waals surface area contributed by atoms with Gasteiger partial charge in [0.1, 0.15) is 5.75 Å². The van der Waals surface area contributed by atoms with Gasteiger partial charge in [-0.25, -0.2) is 0 Å². The normalized spacial score (nSPS) is 21.0. The number of nitrogens with one attached hydrogen (secondary N) is 1. The second kappa shape index (κ2) is 7.66. The first-order valence-electron chi connectivity index (χ1n) is 8.28. The third-order valence-corrected chi connectivity index (χ3v) is 4.35. The summed E-state index contributed by atoms with van der Waals surface area (Å²) >= 11 is 0. The summed E-state index contributed by atoms with van der Waals surface area (Å²) in [6.45, 7) is 4.03. The van der Waals surface area contributed by atoms with Crippen molar-refractivity contribution in [2.45, 2.75) is 24.9 Å². The number of morpholine rings is 1.